The minimum atomic E-state index is -1.55. The van der Waals surface area contributed by atoms with Crippen molar-refractivity contribution in [2.24, 2.45) is 23.2 Å². The number of hydrogen-bond acceptors (Lipinski definition) is 5. The summed E-state index contributed by atoms with van der Waals surface area (Å²) in [6.07, 6.45) is 3.81. The van der Waals surface area contributed by atoms with E-state index >= 15 is 0 Å². The van der Waals surface area contributed by atoms with E-state index in [1.807, 2.05) is 17.5 Å². The Morgan fingerprint density at radius 1 is 1.30 bits per heavy atom. The van der Waals surface area contributed by atoms with E-state index in [0.29, 0.717) is 5.92 Å². The maximum atomic E-state index is 9.81. The van der Waals surface area contributed by atoms with Crippen LogP contribution in [0.4, 0.5) is 0 Å². The first-order valence-corrected chi connectivity index (χ1v) is 8.51. The number of nitriles is 3. The molecule has 2 aliphatic rings. The Bertz CT molecular complexity index is 770. The Balaban J connectivity index is 2.25. The summed E-state index contributed by atoms with van der Waals surface area (Å²) in [5.41, 5.74) is -0.666. The molecule has 3 rings (SSSR count). The zero-order valence-electron chi connectivity index (χ0n) is 12.8. The van der Waals surface area contributed by atoms with Crippen molar-refractivity contribution in [1.29, 1.82) is 21.2 Å². The number of fused-ring (bicyclic) bond motifs is 1. The van der Waals surface area contributed by atoms with Crippen LogP contribution >= 0.6 is 11.3 Å². The number of hydrogen-bond donors (Lipinski definition) is 1. The van der Waals surface area contributed by atoms with E-state index in [1.165, 1.54) is 11.3 Å². The maximum absolute atomic E-state index is 9.81. The average molecular weight is 320 g/mol. The van der Waals surface area contributed by atoms with Crippen LogP contribution in [0.3, 0.4) is 0 Å². The van der Waals surface area contributed by atoms with Gasteiger partial charge in [-0.15, -0.1) is 11.3 Å². The molecule has 0 spiro atoms. The van der Waals surface area contributed by atoms with Crippen LogP contribution in [0.25, 0.3) is 0 Å². The first-order valence-electron chi connectivity index (χ1n) is 7.63. The van der Waals surface area contributed by atoms with Gasteiger partial charge in [0.15, 0.2) is 5.41 Å². The van der Waals surface area contributed by atoms with Gasteiger partial charge in [-0.1, -0.05) is 19.1 Å². The summed E-state index contributed by atoms with van der Waals surface area (Å²) in [5, 5.41) is 39.6. The summed E-state index contributed by atoms with van der Waals surface area (Å²) in [6, 6.07) is 10.2. The van der Waals surface area contributed by atoms with Gasteiger partial charge in [-0.2, -0.15) is 15.8 Å². The Morgan fingerprint density at radius 3 is 2.61 bits per heavy atom. The second kappa shape index (κ2) is 5.65. The number of allylic oxidation sites excluding steroid dienone is 2. The minimum absolute atomic E-state index is 0.0181. The molecule has 23 heavy (non-hydrogen) atoms. The Morgan fingerprint density at radius 2 is 2.04 bits per heavy atom. The summed E-state index contributed by atoms with van der Waals surface area (Å²) >= 11 is 1.52. The summed E-state index contributed by atoms with van der Waals surface area (Å²) < 4.78 is 0. The monoisotopic (exact) mass is 320 g/mol. The topological polar surface area (TPSA) is 95.2 Å². The van der Waals surface area contributed by atoms with Gasteiger partial charge in [-0.3, -0.25) is 0 Å². The summed E-state index contributed by atoms with van der Waals surface area (Å²) in [5.74, 6) is -0.671. The van der Waals surface area contributed by atoms with Crippen molar-refractivity contribution >= 4 is 17.0 Å². The van der Waals surface area contributed by atoms with E-state index in [4.69, 9.17) is 5.41 Å². The molecule has 2 aliphatic carbocycles. The van der Waals surface area contributed by atoms with Crippen molar-refractivity contribution in [2.45, 2.75) is 25.7 Å². The van der Waals surface area contributed by atoms with E-state index < -0.39 is 11.3 Å². The van der Waals surface area contributed by atoms with Crippen LogP contribution in [0.2, 0.25) is 0 Å². The molecule has 1 N–H and O–H groups in total. The first kappa shape index (κ1) is 15.5. The second-order valence-corrected chi connectivity index (χ2v) is 7.37. The van der Waals surface area contributed by atoms with Crippen molar-refractivity contribution in [3.63, 3.8) is 0 Å². The highest BCUT2D eigenvalue weighted by atomic mass is 32.1. The molecule has 1 aromatic heterocycles. The number of rotatable bonds is 1. The van der Waals surface area contributed by atoms with Crippen LogP contribution in [-0.4, -0.2) is 5.71 Å². The molecule has 114 valence electrons. The van der Waals surface area contributed by atoms with Crippen molar-refractivity contribution < 1.29 is 0 Å². The Kier molecular flexibility index (Phi) is 3.80. The summed E-state index contributed by atoms with van der Waals surface area (Å²) in [4.78, 5) is 0.958. The van der Waals surface area contributed by atoms with Crippen LogP contribution in [0.1, 0.15) is 30.6 Å². The van der Waals surface area contributed by atoms with Gasteiger partial charge in [-0.05, 0) is 41.7 Å². The molecule has 4 atom stereocenters. The molecular weight excluding hydrogens is 304 g/mol. The van der Waals surface area contributed by atoms with Crippen molar-refractivity contribution in [3.05, 3.63) is 34.0 Å². The normalized spacial score (nSPS) is 31.9. The average Bonchev–Trinajstić information content (AvgIpc) is 3.08. The minimum Gasteiger partial charge on any atom is -0.305 e. The van der Waals surface area contributed by atoms with Gasteiger partial charge < -0.3 is 5.41 Å². The van der Waals surface area contributed by atoms with Crippen LogP contribution in [-0.2, 0) is 0 Å². The molecular formula is C18H16N4S. The fourth-order valence-electron chi connectivity index (χ4n) is 3.98. The van der Waals surface area contributed by atoms with E-state index in [-0.39, 0.29) is 17.5 Å². The Hall–Kier alpha value is -2.42. The lowest BCUT2D eigenvalue weighted by Gasteiger charge is -2.46. The largest absolute Gasteiger partial charge is 0.305 e. The molecule has 0 amide bonds. The zero-order chi connectivity index (χ0) is 16.6. The van der Waals surface area contributed by atoms with Crippen LogP contribution in [0.5, 0.6) is 0 Å². The molecule has 0 aromatic carbocycles. The maximum Gasteiger partial charge on any atom is 0.190 e. The predicted molar refractivity (Wildman–Crippen MR) is 87.5 cm³/mol. The van der Waals surface area contributed by atoms with Crippen LogP contribution < -0.4 is 0 Å². The van der Waals surface area contributed by atoms with Gasteiger partial charge in [0.25, 0.3) is 0 Å². The fraction of sp³-hybridized carbons (Fsp3) is 0.444. The highest BCUT2D eigenvalue weighted by Gasteiger charge is 2.57. The smallest absolute Gasteiger partial charge is 0.190 e. The number of nitrogens with one attached hydrogen (secondary N) is 1. The zero-order valence-corrected chi connectivity index (χ0v) is 13.6. The van der Waals surface area contributed by atoms with Crippen molar-refractivity contribution in [3.8, 4) is 18.2 Å². The van der Waals surface area contributed by atoms with Gasteiger partial charge in [0.2, 0.25) is 0 Å². The second-order valence-electron chi connectivity index (χ2n) is 6.39. The molecule has 1 unspecified atom stereocenters. The number of thiophene rings is 1. The molecule has 0 saturated heterocycles. The third kappa shape index (κ3) is 2.11. The van der Waals surface area contributed by atoms with Gasteiger partial charge in [0.1, 0.15) is 5.92 Å². The standard InChI is InChI=1S/C18H16N4S/c1-11-4-5-12-13(7-11)16(15-3-2-6-23-15)18(9-20,10-21)17(22)14(12)8-19/h2-3,5-6,11,13-14,16,22H,4,7H2,1H3/t11-,13-,14?,16+/m0/s1. The third-order valence-corrected chi connectivity index (χ3v) is 6.04. The molecule has 1 fully saturated rings. The van der Waals surface area contributed by atoms with Crippen LogP contribution in [0, 0.1) is 62.6 Å². The quantitative estimate of drug-likeness (QED) is 0.792. The van der Waals surface area contributed by atoms with Crippen molar-refractivity contribution in [1.82, 2.24) is 0 Å². The highest BCUT2D eigenvalue weighted by molar-refractivity contribution is 7.10. The van der Waals surface area contributed by atoms with Gasteiger partial charge in [-0.25, -0.2) is 0 Å². The lowest BCUT2D eigenvalue weighted by atomic mass is 9.53. The molecule has 1 saturated carbocycles. The van der Waals surface area contributed by atoms with Gasteiger partial charge >= 0.3 is 0 Å². The van der Waals surface area contributed by atoms with E-state index in [1.54, 1.807) is 0 Å². The van der Waals surface area contributed by atoms with Crippen LogP contribution in [0.15, 0.2) is 29.2 Å². The molecule has 0 aliphatic heterocycles. The highest BCUT2D eigenvalue weighted by Crippen LogP contribution is 2.56. The summed E-state index contributed by atoms with van der Waals surface area (Å²) in [6.45, 7) is 2.15. The van der Waals surface area contributed by atoms with Crippen molar-refractivity contribution in [2.75, 3.05) is 0 Å². The molecule has 5 heteroatoms. The van der Waals surface area contributed by atoms with E-state index in [9.17, 15) is 15.8 Å². The fourth-order valence-corrected chi connectivity index (χ4v) is 4.94. The van der Waals surface area contributed by atoms with Gasteiger partial charge in [0.05, 0.1) is 23.9 Å². The molecule has 0 radical (unpaired) electrons. The molecule has 1 aromatic rings. The first-order chi connectivity index (χ1) is 11.1. The summed E-state index contributed by atoms with van der Waals surface area (Å²) in [7, 11) is 0. The SMILES string of the molecule is C[C@H]1CC=C2C(C#N)C(=N)C(C#N)(C#N)[C@@H](c3cccs3)[C@H]2C1. The third-order valence-electron chi connectivity index (χ3n) is 5.09. The molecule has 0 bridgehead atoms. The van der Waals surface area contributed by atoms with E-state index in [2.05, 4.69) is 31.2 Å². The molecule has 1 heterocycles. The predicted octanol–water partition coefficient (Wildman–Crippen LogP) is 4.01. The Labute approximate surface area is 139 Å². The lowest BCUT2D eigenvalue weighted by molar-refractivity contribution is 0.286. The molecule has 4 nitrogen and oxygen atoms in total. The number of nitrogens with zero attached hydrogens (tertiary/aromatic N) is 3. The lowest BCUT2D eigenvalue weighted by Crippen LogP contribution is -2.49. The van der Waals surface area contributed by atoms with Gasteiger partial charge in [0, 0.05) is 10.8 Å². The van der Waals surface area contributed by atoms with E-state index in [0.717, 1.165) is 23.3 Å².